The molecule has 0 aliphatic carbocycles. The van der Waals surface area contributed by atoms with Gasteiger partial charge in [0.15, 0.2) is 14.9 Å². The molecule has 1 aromatic carbocycles. The summed E-state index contributed by atoms with van der Waals surface area (Å²) in [7, 11) is -3.54. The van der Waals surface area contributed by atoms with E-state index < -0.39 is 32.8 Å². The predicted octanol–water partition coefficient (Wildman–Crippen LogP) is 2.52. The summed E-state index contributed by atoms with van der Waals surface area (Å²) < 4.78 is 67.6. The number of aromatic amines is 1. The van der Waals surface area contributed by atoms with Gasteiger partial charge in [-0.3, -0.25) is 19.3 Å². The molecule has 0 atom stereocenters. The molecule has 42 heavy (non-hydrogen) atoms. The molecule has 0 saturated carbocycles. The maximum absolute atomic E-state index is 14.3. The first-order valence-electron chi connectivity index (χ1n) is 12.7. The van der Waals surface area contributed by atoms with Gasteiger partial charge in [-0.15, -0.1) is 0 Å². The molecule has 1 fully saturated rings. The maximum Gasteiger partial charge on any atom is 0.418 e. The van der Waals surface area contributed by atoms with Crippen molar-refractivity contribution in [1.82, 2.24) is 29.8 Å². The summed E-state index contributed by atoms with van der Waals surface area (Å²) in [6.45, 7) is 1.82. The van der Waals surface area contributed by atoms with Crippen molar-refractivity contribution in [3.63, 3.8) is 0 Å². The van der Waals surface area contributed by atoms with Crippen molar-refractivity contribution in [2.45, 2.75) is 11.2 Å². The summed E-state index contributed by atoms with van der Waals surface area (Å²) in [5, 5.41) is 2.92. The Kier molecular flexibility index (Phi) is 6.57. The lowest BCUT2D eigenvalue weighted by molar-refractivity contribution is -0.137. The molecule has 6 rings (SSSR count). The van der Waals surface area contributed by atoms with Crippen molar-refractivity contribution in [3.05, 3.63) is 81.3 Å². The highest BCUT2D eigenvalue weighted by atomic mass is 32.2. The Bertz CT molecular complexity index is 2090. The van der Waals surface area contributed by atoms with Gasteiger partial charge in [0, 0.05) is 56.1 Å². The molecule has 0 spiro atoms. The molecular weight excluding hydrogens is 575 g/mol. The number of H-pyrrole nitrogens is 1. The van der Waals surface area contributed by atoms with Crippen molar-refractivity contribution < 1.29 is 21.6 Å². The number of nitrogens with one attached hydrogen (secondary N) is 2. The maximum atomic E-state index is 14.3. The number of halogens is 3. The number of hydrogen-bond donors (Lipinski definition) is 2. The summed E-state index contributed by atoms with van der Waals surface area (Å²) in [6.07, 6.45) is -1.15. The highest BCUT2D eigenvalue weighted by Crippen LogP contribution is 2.38. The SMILES string of the molecule is CS(=O)(=O)c1ccc(-c2ccc3ncc4c(=O)[nH]c(=O)n(-c5ccc(N6CCNCC6)c(C(F)(F)F)c5)c4c3n2)cn1. The van der Waals surface area contributed by atoms with Crippen molar-refractivity contribution in [2.24, 2.45) is 0 Å². The van der Waals surface area contributed by atoms with E-state index in [0.29, 0.717) is 37.4 Å². The molecule has 216 valence electrons. The van der Waals surface area contributed by atoms with Gasteiger partial charge in [-0.25, -0.2) is 23.2 Å². The zero-order valence-electron chi connectivity index (χ0n) is 21.9. The number of alkyl halides is 3. The van der Waals surface area contributed by atoms with Crippen LogP contribution in [0.15, 0.2) is 69.5 Å². The van der Waals surface area contributed by atoms with E-state index in [1.54, 1.807) is 17.0 Å². The second-order valence-electron chi connectivity index (χ2n) is 9.77. The summed E-state index contributed by atoms with van der Waals surface area (Å²) in [5.74, 6) is 0. The molecule has 1 aliphatic rings. The Hall–Kier alpha value is -4.63. The van der Waals surface area contributed by atoms with Crippen LogP contribution < -0.4 is 21.5 Å². The first kappa shape index (κ1) is 27.5. The largest absolute Gasteiger partial charge is 0.418 e. The Balaban J connectivity index is 1.60. The Morgan fingerprint density at radius 2 is 1.71 bits per heavy atom. The van der Waals surface area contributed by atoms with Gasteiger partial charge >= 0.3 is 11.9 Å². The molecular formula is C27H22F3N7O4S. The van der Waals surface area contributed by atoms with Crippen LogP contribution in [0.3, 0.4) is 0 Å². The summed E-state index contributed by atoms with van der Waals surface area (Å²) >= 11 is 0. The molecule has 4 aromatic heterocycles. The van der Waals surface area contributed by atoms with E-state index in [9.17, 15) is 31.2 Å². The van der Waals surface area contributed by atoms with Crippen molar-refractivity contribution in [2.75, 3.05) is 37.3 Å². The molecule has 0 amide bonds. The number of anilines is 1. The lowest BCUT2D eigenvalue weighted by atomic mass is 10.1. The van der Waals surface area contributed by atoms with Crippen molar-refractivity contribution in [1.29, 1.82) is 0 Å². The third-order valence-corrected chi connectivity index (χ3v) is 7.99. The van der Waals surface area contributed by atoms with Crippen LogP contribution in [0.25, 0.3) is 38.9 Å². The average Bonchev–Trinajstić information content (AvgIpc) is 2.96. The van der Waals surface area contributed by atoms with E-state index in [1.165, 1.54) is 36.7 Å². The monoisotopic (exact) mass is 597 g/mol. The van der Waals surface area contributed by atoms with Gasteiger partial charge in [0.25, 0.3) is 5.56 Å². The van der Waals surface area contributed by atoms with Crippen LogP contribution in [0.2, 0.25) is 0 Å². The summed E-state index contributed by atoms with van der Waals surface area (Å²) in [6, 6.07) is 9.60. The molecule has 0 bridgehead atoms. The molecule has 0 unspecified atom stereocenters. The minimum absolute atomic E-state index is 0.00787. The second-order valence-corrected chi connectivity index (χ2v) is 11.7. The van der Waals surface area contributed by atoms with Gasteiger partial charge in [0.2, 0.25) is 0 Å². The topological polar surface area (TPSA) is 143 Å². The molecule has 0 radical (unpaired) electrons. The normalized spacial score (nSPS) is 14.5. The Morgan fingerprint density at radius 3 is 2.38 bits per heavy atom. The highest BCUT2D eigenvalue weighted by molar-refractivity contribution is 7.90. The molecule has 1 aliphatic heterocycles. The standard InChI is InChI=1S/C27H22F3N7O4S/c1-42(40,41)22-7-2-15(13-33-22)19-4-5-20-23(34-19)24-17(14-32-20)25(38)35-26(39)37(24)16-3-6-21(18(12-16)27(28,29)30)36-10-8-31-9-11-36/h2-7,12-14,31H,8-11H2,1H3,(H,35,38,39). The molecule has 11 nitrogen and oxygen atoms in total. The van der Waals surface area contributed by atoms with Crippen LogP contribution in [0.1, 0.15) is 5.56 Å². The smallest absolute Gasteiger partial charge is 0.368 e. The van der Waals surface area contributed by atoms with Gasteiger partial charge in [-0.05, 0) is 42.5 Å². The molecule has 5 heterocycles. The number of hydrogen-bond acceptors (Lipinski definition) is 9. The average molecular weight is 598 g/mol. The number of pyridine rings is 3. The Labute approximate surface area is 235 Å². The van der Waals surface area contributed by atoms with Gasteiger partial charge in [-0.1, -0.05) is 0 Å². The van der Waals surface area contributed by atoms with E-state index in [4.69, 9.17) is 0 Å². The van der Waals surface area contributed by atoms with E-state index in [1.807, 2.05) is 0 Å². The third-order valence-electron chi connectivity index (χ3n) is 6.99. The number of fused-ring (bicyclic) bond motifs is 3. The van der Waals surface area contributed by atoms with Crippen LogP contribution >= 0.6 is 0 Å². The predicted molar refractivity (Wildman–Crippen MR) is 150 cm³/mol. The zero-order chi connectivity index (χ0) is 29.8. The molecule has 1 saturated heterocycles. The minimum atomic E-state index is -4.72. The third kappa shape index (κ3) is 4.90. The Morgan fingerprint density at radius 1 is 0.952 bits per heavy atom. The van der Waals surface area contributed by atoms with E-state index >= 15 is 0 Å². The van der Waals surface area contributed by atoms with Crippen LogP contribution in [-0.4, -0.2) is 65.4 Å². The van der Waals surface area contributed by atoms with E-state index in [-0.39, 0.29) is 38.3 Å². The zero-order valence-corrected chi connectivity index (χ0v) is 22.8. The van der Waals surface area contributed by atoms with Crippen LogP contribution in [0, 0.1) is 0 Å². The lowest BCUT2D eigenvalue weighted by Gasteiger charge is -2.31. The van der Waals surface area contributed by atoms with Crippen LogP contribution in [-0.2, 0) is 16.0 Å². The fourth-order valence-corrected chi connectivity index (χ4v) is 5.56. The van der Waals surface area contributed by atoms with Gasteiger partial charge in [-0.2, -0.15) is 13.2 Å². The van der Waals surface area contributed by atoms with Crippen LogP contribution in [0.5, 0.6) is 0 Å². The van der Waals surface area contributed by atoms with Crippen LogP contribution in [0.4, 0.5) is 18.9 Å². The fraction of sp³-hybridized carbons (Fsp3) is 0.222. The number of aromatic nitrogens is 5. The molecule has 5 aromatic rings. The number of rotatable bonds is 4. The number of sulfone groups is 1. The summed E-state index contributed by atoms with van der Waals surface area (Å²) in [4.78, 5) is 42.7. The number of nitrogens with zero attached hydrogens (tertiary/aromatic N) is 5. The number of benzene rings is 1. The van der Waals surface area contributed by atoms with E-state index in [0.717, 1.165) is 16.9 Å². The molecule has 15 heteroatoms. The first-order chi connectivity index (χ1) is 19.9. The first-order valence-corrected chi connectivity index (χ1v) is 14.6. The van der Waals surface area contributed by atoms with Gasteiger partial charge in [0.05, 0.1) is 33.4 Å². The van der Waals surface area contributed by atoms with Gasteiger partial charge < -0.3 is 10.2 Å². The lowest BCUT2D eigenvalue weighted by Crippen LogP contribution is -2.44. The highest BCUT2D eigenvalue weighted by Gasteiger charge is 2.36. The second kappa shape index (κ2) is 10.0. The van der Waals surface area contributed by atoms with Gasteiger partial charge in [0.1, 0.15) is 5.52 Å². The van der Waals surface area contributed by atoms with E-state index in [2.05, 4.69) is 25.3 Å². The number of piperazine rings is 1. The van der Waals surface area contributed by atoms with Crippen molar-refractivity contribution in [3.8, 4) is 16.9 Å². The molecule has 2 N–H and O–H groups in total. The quantitative estimate of drug-likeness (QED) is 0.299. The minimum Gasteiger partial charge on any atom is -0.368 e. The van der Waals surface area contributed by atoms with Crippen molar-refractivity contribution >= 4 is 37.5 Å². The fourth-order valence-electron chi connectivity index (χ4n) is 5.00. The summed E-state index contributed by atoms with van der Waals surface area (Å²) in [5.41, 5.74) is -1.70.